The van der Waals surface area contributed by atoms with Gasteiger partial charge in [0, 0.05) is 17.4 Å². The first-order valence-electron chi connectivity index (χ1n) is 5.95. The van der Waals surface area contributed by atoms with Gasteiger partial charge in [-0.2, -0.15) is 0 Å². The van der Waals surface area contributed by atoms with Crippen LogP contribution in [-0.4, -0.2) is 13.4 Å². The summed E-state index contributed by atoms with van der Waals surface area (Å²) < 4.78 is 31.8. The van der Waals surface area contributed by atoms with Gasteiger partial charge in [0.1, 0.15) is 0 Å². The molecule has 0 fully saturated rings. The molecular weight excluding hydrogens is 294 g/mol. The predicted octanol–water partition coefficient (Wildman–Crippen LogP) is 1.50. The second-order valence-electron chi connectivity index (χ2n) is 4.40. The van der Waals surface area contributed by atoms with Crippen LogP contribution in [0.3, 0.4) is 0 Å². The number of nitrogens with one attached hydrogen (secondary N) is 2. The van der Waals surface area contributed by atoms with Crippen LogP contribution in [0.4, 0.5) is 11.4 Å². The standard InChI is InChI=1S/C13H11N3O4S/c14-8-1-3-9(4-2-8)16-21(18,19)10-5-6-11-12(7-10)20-13(17)15-11/h1-7,16H,14H2,(H,15,17). The highest BCUT2D eigenvalue weighted by molar-refractivity contribution is 7.92. The van der Waals surface area contributed by atoms with Crippen molar-refractivity contribution in [3.63, 3.8) is 0 Å². The normalized spacial score (nSPS) is 11.6. The number of oxazole rings is 1. The van der Waals surface area contributed by atoms with Crippen LogP contribution in [0, 0.1) is 0 Å². The topological polar surface area (TPSA) is 118 Å². The lowest BCUT2D eigenvalue weighted by Gasteiger charge is -2.08. The van der Waals surface area contributed by atoms with E-state index >= 15 is 0 Å². The van der Waals surface area contributed by atoms with Crippen LogP contribution in [0.2, 0.25) is 0 Å². The molecule has 2 aromatic carbocycles. The molecule has 0 aliphatic rings. The fourth-order valence-corrected chi connectivity index (χ4v) is 2.93. The number of aromatic amines is 1. The van der Waals surface area contributed by atoms with Crippen LogP contribution in [0.25, 0.3) is 11.1 Å². The third-order valence-corrected chi connectivity index (χ3v) is 4.24. The summed E-state index contributed by atoms with van der Waals surface area (Å²) in [6, 6.07) is 10.4. The Bertz CT molecular complexity index is 955. The maximum absolute atomic E-state index is 12.3. The van der Waals surface area contributed by atoms with Gasteiger partial charge in [-0.3, -0.25) is 9.71 Å². The number of rotatable bonds is 3. The molecule has 0 radical (unpaired) electrons. The van der Waals surface area contributed by atoms with Crippen molar-refractivity contribution in [2.24, 2.45) is 0 Å². The second kappa shape index (κ2) is 4.67. The third-order valence-electron chi connectivity index (χ3n) is 2.87. The Kier molecular flexibility index (Phi) is 2.95. The maximum atomic E-state index is 12.3. The van der Waals surface area contributed by atoms with E-state index in [0.29, 0.717) is 16.9 Å². The van der Waals surface area contributed by atoms with E-state index in [0.717, 1.165) is 0 Å². The van der Waals surface area contributed by atoms with Crippen molar-refractivity contribution >= 4 is 32.5 Å². The fourth-order valence-electron chi connectivity index (χ4n) is 1.86. The molecule has 0 amide bonds. The lowest BCUT2D eigenvalue weighted by Crippen LogP contribution is -2.12. The Hall–Kier alpha value is -2.74. The molecule has 0 aliphatic carbocycles. The Balaban J connectivity index is 1.99. The Morgan fingerprint density at radius 1 is 1.10 bits per heavy atom. The zero-order valence-corrected chi connectivity index (χ0v) is 11.5. The van der Waals surface area contributed by atoms with E-state index in [1.165, 1.54) is 18.2 Å². The number of hydrogen-bond acceptors (Lipinski definition) is 5. The number of anilines is 2. The predicted molar refractivity (Wildman–Crippen MR) is 78.5 cm³/mol. The number of aromatic nitrogens is 1. The smallest absolute Gasteiger partial charge is 0.408 e. The number of nitrogen functional groups attached to an aromatic ring is 1. The van der Waals surface area contributed by atoms with Crippen molar-refractivity contribution in [2.45, 2.75) is 4.90 Å². The molecule has 3 rings (SSSR count). The van der Waals surface area contributed by atoms with Crippen molar-refractivity contribution < 1.29 is 12.8 Å². The van der Waals surface area contributed by atoms with E-state index in [1.807, 2.05) is 0 Å². The minimum Gasteiger partial charge on any atom is -0.408 e. The molecule has 8 heteroatoms. The molecular formula is C13H11N3O4S. The van der Waals surface area contributed by atoms with Gasteiger partial charge in [0.2, 0.25) is 0 Å². The van der Waals surface area contributed by atoms with Gasteiger partial charge in [-0.1, -0.05) is 0 Å². The highest BCUT2D eigenvalue weighted by atomic mass is 32.2. The largest absolute Gasteiger partial charge is 0.417 e. The first kappa shape index (κ1) is 13.3. The summed E-state index contributed by atoms with van der Waals surface area (Å²) in [6.07, 6.45) is 0. The van der Waals surface area contributed by atoms with E-state index in [2.05, 4.69) is 9.71 Å². The van der Waals surface area contributed by atoms with E-state index in [-0.39, 0.29) is 10.5 Å². The number of hydrogen-bond donors (Lipinski definition) is 3. The molecule has 0 spiro atoms. The minimum absolute atomic E-state index is 0.00502. The molecule has 21 heavy (non-hydrogen) atoms. The number of H-pyrrole nitrogens is 1. The average Bonchev–Trinajstić information content (AvgIpc) is 2.80. The second-order valence-corrected chi connectivity index (χ2v) is 6.08. The molecule has 0 saturated carbocycles. The molecule has 0 unspecified atom stereocenters. The van der Waals surface area contributed by atoms with Crippen molar-refractivity contribution in [1.82, 2.24) is 4.98 Å². The summed E-state index contributed by atoms with van der Waals surface area (Å²) in [5.41, 5.74) is 7.08. The van der Waals surface area contributed by atoms with Crippen LogP contribution in [0.5, 0.6) is 0 Å². The number of benzene rings is 2. The van der Waals surface area contributed by atoms with Gasteiger partial charge in [0.25, 0.3) is 10.0 Å². The third kappa shape index (κ3) is 2.61. The van der Waals surface area contributed by atoms with Crippen LogP contribution in [0.15, 0.2) is 56.6 Å². The van der Waals surface area contributed by atoms with Crippen LogP contribution in [0.1, 0.15) is 0 Å². The van der Waals surface area contributed by atoms with Crippen molar-refractivity contribution in [2.75, 3.05) is 10.5 Å². The Morgan fingerprint density at radius 2 is 1.81 bits per heavy atom. The summed E-state index contributed by atoms with van der Waals surface area (Å²) in [5, 5.41) is 0. The molecule has 0 aliphatic heterocycles. The monoisotopic (exact) mass is 305 g/mol. The van der Waals surface area contributed by atoms with Crippen LogP contribution in [-0.2, 0) is 10.0 Å². The van der Waals surface area contributed by atoms with Crippen molar-refractivity contribution in [3.8, 4) is 0 Å². The first-order valence-corrected chi connectivity index (χ1v) is 7.44. The van der Waals surface area contributed by atoms with Gasteiger partial charge < -0.3 is 10.2 Å². The molecule has 1 aromatic heterocycles. The molecule has 0 atom stereocenters. The average molecular weight is 305 g/mol. The molecule has 1 heterocycles. The molecule has 3 aromatic rings. The van der Waals surface area contributed by atoms with E-state index in [4.69, 9.17) is 10.2 Å². The van der Waals surface area contributed by atoms with Gasteiger partial charge in [0.05, 0.1) is 10.4 Å². The van der Waals surface area contributed by atoms with Crippen LogP contribution >= 0.6 is 0 Å². The Labute approximate surface area is 119 Å². The van der Waals surface area contributed by atoms with Gasteiger partial charge in [0.15, 0.2) is 5.58 Å². The number of nitrogens with two attached hydrogens (primary N) is 1. The lowest BCUT2D eigenvalue weighted by molar-refractivity contribution is 0.554. The zero-order valence-electron chi connectivity index (χ0n) is 10.7. The minimum atomic E-state index is -3.78. The first-order chi connectivity index (χ1) is 9.94. The summed E-state index contributed by atoms with van der Waals surface area (Å²) in [4.78, 5) is 13.5. The van der Waals surface area contributed by atoms with Gasteiger partial charge >= 0.3 is 5.76 Å². The van der Waals surface area contributed by atoms with Gasteiger partial charge in [-0.05, 0) is 36.4 Å². The number of fused-ring (bicyclic) bond motifs is 1. The van der Waals surface area contributed by atoms with E-state index in [9.17, 15) is 13.2 Å². The molecule has 0 saturated heterocycles. The Morgan fingerprint density at radius 3 is 2.52 bits per heavy atom. The van der Waals surface area contributed by atoms with Crippen molar-refractivity contribution in [1.29, 1.82) is 0 Å². The maximum Gasteiger partial charge on any atom is 0.417 e. The molecule has 108 valence electrons. The molecule has 0 bridgehead atoms. The van der Waals surface area contributed by atoms with Crippen LogP contribution < -0.4 is 16.2 Å². The summed E-state index contributed by atoms with van der Waals surface area (Å²) >= 11 is 0. The lowest BCUT2D eigenvalue weighted by atomic mass is 10.3. The highest BCUT2D eigenvalue weighted by Gasteiger charge is 2.16. The molecule has 7 nitrogen and oxygen atoms in total. The SMILES string of the molecule is Nc1ccc(NS(=O)(=O)c2ccc3[nH]c(=O)oc3c2)cc1. The summed E-state index contributed by atoms with van der Waals surface area (Å²) in [7, 11) is -3.78. The fraction of sp³-hybridized carbons (Fsp3) is 0. The molecule has 4 N–H and O–H groups in total. The number of sulfonamides is 1. The zero-order chi connectivity index (χ0) is 15.0. The van der Waals surface area contributed by atoms with Gasteiger partial charge in [-0.25, -0.2) is 13.2 Å². The quantitative estimate of drug-likeness (QED) is 0.634. The van der Waals surface area contributed by atoms with E-state index in [1.54, 1.807) is 24.3 Å². The summed E-state index contributed by atoms with van der Waals surface area (Å²) in [6.45, 7) is 0. The highest BCUT2D eigenvalue weighted by Crippen LogP contribution is 2.20. The summed E-state index contributed by atoms with van der Waals surface area (Å²) in [5.74, 6) is -0.633. The van der Waals surface area contributed by atoms with Crippen molar-refractivity contribution in [3.05, 3.63) is 53.0 Å². The van der Waals surface area contributed by atoms with E-state index < -0.39 is 15.8 Å². The van der Waals surface area contributed by atoms with Gasteiger partial charge in [-0.15, -0.1) is 0 Å².